The first-order valence-corrected chi connectivity index (χ1v) is 9.33. The predicted octanol–water partition coefficient (Wildman–Crippen LogP) is -0.782. The first kappa shape index (κ1) is 20.6. The third kappa shape index (κ3) is 2.95. The van der Waals surface area contributed by atoms with Gasteiger partial charge in [-0.2, -0.15) is 0 Å². The second-order valence-electron chi connectivity index (χ2n) is 7.38. The molecule has 30 heavy (non-hydrogen) atoms. The molecule has 2 aromatic carbocycles. The largest absolute Gasteiger partial charge is 0.508 e. The van der Waals surface area contributed by atoms with Gasteiger partial charge in [0.25, 0.3) is 0 Å². The molecule has 0 spiro atoms. The number of phenolic OH excluding ortho intramolecular Hbond substituents is 2. The van der Waals surface area contributed by atoms with E-state index in [0.29, 0.717) is 5.56 Å². The third-order valence-corrected chi connectivity index (χ3v) is 5.60. The zero-order valence-electron chi connectivity index (χ0n) is 15.7. The highest BCUT2D eigenvalue weighted by molar-refractivity contribution is 5.90. The van der Waals surface area contributed by atoms with Gasteiger partial charge in [-0.25, -0.2) is 0 Å². The monoisotopic (exact) mass is 418 g/mol. The van der Waals surface area contributed by atoms with Crippen LogP contribution in [0.2, 0.25) is 0 Å². The van der Waals surface area contributed by atoms with Crippen molar-refractivity contribution in [3.63, 3.8) is 0 Å². The fraction of sp³-hybridized carbons (Fsp3) is 0.333. The van der Waals surface area contributed by atoms with Crippen molar-refractivity contribution in [3.8, 4) is 11.5 Å². The van der Waals surface area contributed by atoms with Gasteiger partial charge in [-0.05, 0) is 34.9 Å². The lowest BCUT2D eigenvalue weighted by Gasteiger charge is -2.39. The molecule has 2 aromatic rings. The summed E-state index contributed by atoms with van der Waals surface area (Å²) in [5, 5.41) is 81.9. The van der Waals surface area contributed by atoms with Crippen LogP contribution < -0.4 is 0 Å². The summed E-state index contributed by atoms with van der Waals surface area (Å²) in [7, 11) is 0. The summed E-state index contributed by atoms with van der Waals surface area (Å²) >= 11 is 0. The lowest BCUT2D eigenvalue weighted by Crippen LogP contribution is -2.53. The van der Waals surface area contributed by atoms with E-state index in [1.807, 2.05) is 0 Å². The Morgan fingerprint density at radius 3 is 2.20 bits per heavy atom. The number of ether oxygens (including phenoxy) is 1. The molecular formula is C21H22O9. The Morgan fingerprint density at radius 1 is 0.833 bits per heavy atom. The first-order valence-electron chi connectivity index (χ1n) is 9.33. The van der Waals surface area contributed by atoms with Gasteiger partial charge in [0, 0.05) is 16.7 Å². The van der Waals surface area contributed by atoms with Crippen molar-refractivity contribution in [1.82, 2.24) is 0 Å². The molecule has 8 N–H and O–H groups in total. The van der Waals surface area contributed by atoms with E-state index >= 15 is 0 Å². The van der Waals surface area contributed by atoms with Crippen molar-refractivity contribution in [2.24, 2.45) is 0 Å². The average molecular weight is 418 g/mol. The number of rotatable bonds is 2. The van der Waals surface area contributed by atoms with Crippen LogP contribution in [-0.4, -0.2) is 71.9 Å². The molecule has 1 fully saturated rings. The molecule has 4 rings (SSSR count). The van der Waals surface area contributed by atoms with Crippen molar-refractivity contribution in [2.45, 2.75) is 37.1 Å². The molecule has 5 atom stereocenters. The van der Waals surface area contributed by atoms with Gasteiger partial charge < -0.3 is 45.6 Å². The zero-order chi connectivity index (χ0) is 21.7. The maximum absolute atomic E-state index is 10.9. The Hall–Kier alpha value is -2.66. The first-order chi connectivity index (χ1) is 14.3. The highest BCUT2D eigenvalue weighted by atomic mass is 16.5. The van der Waals surface area contributed by atoms with Gasteiger partial charge in [0.2, 0.25) is 0 Å². The number of hydrogen-bond acceptors (Lipinski definition) is 9. The molecule has 0 saturated carbocycles. The number of hydrogen-bond donors (Lipinski definition) is 8. The number of fused-ring (bicyclic) bond motifs is 2. The molecule has 2 aliphatic rings. The Morgan fingerprint density at radius 2 is 1.53 bits per heavy atom. The van der Waals surface area contributed by atoms with Crippen LogP contribution >= 0.6 is 0 Å². The van der Waals surface area contributed by atoms with Crippen LogP contribution in [0.3, 0.4) is 0 Å². The Kier molecular flexibility index (Phi) is 5.18. The van der Waals surface area contributed by atoms with Crippen molar-refractivity contribution in [1.29, 1.82) is 0 Å². The molecule has 0 aromatic heterocycles. The molecule has 1 aliphatic carbocycles. The van der Waals surface area contributed by atoms with E-state index in [2.05, 4.69) is 0 Å². The fourth-order valence-corrected chi connectivity index (χ4v) is 4.11. The van der Waals surface area contributed by atoms with E-state index in [1.54, 1.807) is 6.07 Å². The third-order valence-electron chi connectivity index (χ3n) is 5.60. The minimum atomic E-state index is -1.70. The van der Waals surface area contributed by atoms with E-state index in [1.165, 1.54) is 24.3 Å². The number of aliphatic hydroxyl groups is 6. The summed E-state index contributed by atoms with van der Waals surface area (Å²) in [4.78, 5) is 0. The lowest BCUT2D eigenvalue weighted by atomic mass is 9.77. The molecule has 9 nitrogen and oxygen atoms in total. The minimum absolute atomic E-state index is 0.0145. The average Bonchev–Trinajstić information content (AvgIpc) is 2.73. The highest BCUT2D eigenvalue weighted by Gasteiger charge is 2.44. The van der Waals surface area contributed by atoms with Gasteiger partial charge in [-0.15, -0.1) is 0 Å². The van der Waals surface area contributed by atoms with E-state index in [-0.39, 0.29) is 45.1 Å². The van der Waals surface area contributed by atoms with Gasteiger partial charge in [0.15, 0.2) is 0 Å². The Balaban J connectivity index is 2.08. The quantitative estimate of drug-likeness (QED) is 0.311. The van der Waals surface area contributed by atoms with Crippen molar-refractivity contribution >= 4 is 5.57 Å². The number of phenols is 2. The number of aromatic hydroxyl groups is 2. The summed E-state index contributed by atoms with van der Waals surface area (Å²) in [6.45, 7) is -1.07. The zero-order valence-corrected chi connectivity index (χ0v) is 15.7. The molecule has 1 saturated heterocycles. The normalized spacial score (nSPS) is 30.4. The SMILES string of the molecule is OCc1cc(O)c2c(c1)/C(=C1/OC(CO)C(O)C(O)C1O)c1cccc(O)c1C2O. The van der Waals surface area contributed by atoms with Crippen molar-refractivity contribution in [3.05, 3.63) is 63.9 Å². The van der Waals surface area contributed by atoms with Crippen LogP contribution in [0.15, 0.2) is 36.1 Å². The van der Waals surface area contributed by atoms with Crippen LogP contribution in [0.25, 0.3) is 5.57 Å². The van der Waals surface area contributed by atoms with E-state index in [0.717, 1.165) is 0 Å². The van der Waals surface area contributed by atoms with Gasteiger partial charge in [-0.3, -0.25) is 0 Å². The molecule has 1 heterocycles. The fourth-order valence-electron chi connectivity index (χ4n) is 4.11. The molecule has 160 valence electrons. The van der Waals surface area contributed by atoms with Crippen LogP contribution in [0.5, 0.6) is 11.5 Å². The standard InChI is InChI=1S/C21H22O9/c22-6-8-4-10-14(21-20(29)19(28)17(26)13(7-23)30-21)9-2-1-3-11(24)15(9)18(27)16(10)12(25)5-8/h1-5,13,17-20,22-29H,6-7H2/b21-14+. The van der Waals surface area contributed by atoms with Crippen molar-refractivity contribution in [2.75, 3.05) is 6.61 Å². The highest BCUT2D eigenvalue weighted by Crippen LogP contribution is 2.50. The maximum atomic E-state index is 10.9. The maximum Gasteiger partial charge on any atom is 0.150 e. The van der Waals surface area contributed by atoms with Gasteiger partial charge in [-0.1, -0.05) is 12.1 Å². The summed E-state index contributed by atoms with van der Waals surface area (Å²) in [5.41, 5.74) is 0.989. The van der Waals surface area contributed by atoms with E-state index < -0.39 is 43.7 Å². The van der Waals surface area contributed by atoms with Crippen LogP contribution in [0.1, 0.15) is 33.9 Å². The lowest BCUT2D eigenvalue weighted by molar-refractivity contribution is -0.164. The topological polar surface area (TPSA) is 171 Å². The number of aliphatic hydroxyl groups excluding tert-OH is 6. The predicted molar refractivity (Wildman–Crippen MR) is 102 cm³/mol. The van der Waals surface area contributed by atoms with E-state index in [4.69, 9.17) is 4.74 Å². The molecule has 1 aliphatic heterocycles. The smallest absolute Gasteiger partial charge is 0.150 e. The van der Waals surface area contributed by atoms with Crippen LogP contribution in [0.4, 0.5) is 0 Å². The van der Waals surface area contributed by atoms with Crippen LogP contribution in [0, 0.1) is 0 Å². The Labute approximate surface area is 171 Å². The van der Waals surface area contributed by atoms with Gasteiger partial charge in [0.05, 0.1) is 13.2 Å². The van der Waals surface area contributed by atoms with Gasteiger partial charge >= 0.3 is 0 Å². The molecule has 9 heteroatoms. The molecule has 0 radical (unpaired) electrons. The minimum Gasteiger partial charge on any atom is -0.508 e. The molecule has 5 unspecified atom stereocenters. The van der Waals surface area contributed by atoms with Gasteiger partial charge in [0.1, 0.15) is 47.8 Å². The molecule has 0 bridgehead atoms. The second-order valence-corrected chi connectivity index (χ2v) is 7.38. The molecule has 0 amide bonds. The Bertz CT molecular complexity index is 1010. The number of benzene rings is 2. The molecular weight excluding hydrogens is 396 g/mol. The summed E-state index contributed by atoms with van der Waals surface area (Å²) in [5.74, 6) is -0.819. The summed E-state index contributed by atoms with van der Waals surface area (Å²) in [6.07, 6.45) is -7.58. The van der Waals surface area contributed by atoms with E-state index in [9.17, 15) is 40.9 Å². The van der Waals surface area contributed by atoms with Crippen LogP contribution in [-0.2, 0) is 11.3 Å². The second kappa shape index (κ2) is 7.55. The van der Waals surface area contributed by atoms with Crippen molar-refractivity contribution < 1.29 is 45.6 Å². The summed E-state index contributed by atoms with van der Waals surface area (Å²) in [6, 6.07) is 7.15. The summed E-state index contributed by atoms with van der Waals surface area (Å²) < 4.78 is 5.63.